The molecule has 0 unspecified atom stereocenters. The predicted octanol–water partition coefficient (Wildman–Crippen LogP) is 4.54. The van der Waals surface area contributed by atoms with Crippen molar-refractivity contribution in [2.24, 2.45) is 0 Å². The van der Waals surface area contributed by atoms with Crippen molar-refractivity contribution in [2.75, 3.05) is 0 Å². The van der Waals surface area contributed by atoms with Crippen molar-refractivity contribution in [2.45, 2.75) is 0 Å². The molecule has 0 amide bonds. The summed E-state index contributed by atoms with van der Waals surface area (Å²) in [6, 6.07) is 13.9. The molecule has 2 aromatic carbocycles. The Kier molecular flexibility index (Phi) is 2.82. The van der Waals surface area contributed by atoms with Crippen LogP contribution in [0.3, 0.4) is 0 Å². The molecule has 0 atom stereocenters. The van der Waals surface area contributed by atoms with Gasteiger partial charge in [-0.2, -0.15) is 4.39 Å². The van der Waals surface area contributed by atoms with Crippen LogP contribution in [0.1, 0.15) is 5.56 Å². The Morgan fingerprint density at radius 3 is 2.50 bits per heavy atom. The molecule has 0 radical (unpaired) electrons. The maximum absolute atomic E-state index is 12.6. The number of halogens is 2. The molecule has 0 fully saturated rings. The van der Waals surface area contributed by atoms with E-state index in [-0.39, 0.29) is 3.83 Å². The molecular formula is C12H8FI. The largest absolute Gasteiger partial charge is 0.200 e. The van der Waals surface area contributed by atoms with Gasteiger partial charge in [0, 0.05) is 0 Å². The molecule has 2 heteroatoms. The minimum absolute atomic E-state index is 0.196. The van der Waals surface area contributed by atoms with Crippen LogP contribution < -0.4 is 0 Å². The summed E-state index contributed by atoms with van der Waals surface area (Å²) >= 11 is 1.66. The lowest BCUT2D eigenvalue weighted by Crippen LogP contribution is -1.74. The number of hydrogen-bond donors (Lipinski definition) is 0. The summed E-state index contributed by atoms with van der Waals surface area (Å²) in [6.07, 6.45) is 1.52. The zero-order valence-electron chi connectivity index (χ0n) is 7.37. The molecule has 70 valence electrons. The first-order chi connectivity index (χ1) is 6.75. The molecule has 0 nitrogen and oxygen atoms in total. The van der Waals surface area contributed by atoms with E-state index in [4.69, 9.17) is 0 Å². The lowest BCUT2D eigenvalue weighted by molar-refractivity contribution is 0.718. The molecule has 0 saturated carbocycles. The third kappa shape index (κ3) is 2.12. The Labute approximate surface area is 95.6 Å². The van der Waals surface area contributed by atoms with Gasteiger partial charge in [0.05, 0.1) is 0 Å². The van der Waals surface area contributed by atoms with E-state index in [0.717, 1.165) is 10.9 Å². The van der Waals surface area contributed by atoms with Crippen LogP contribution in [0.2, 0.25) is 0 Å². The molecule has 2 rings (SSSR count). The fraction of sp³-hybridized carbons (Fsp3) is 0. The van der Waals surface area contributed by atoms with Gasteiger partial charge in [-0.3, -0.25) is 0 Å². The third-order valence-corrected chi connectivity index (χ3v) is 2.36. The van der Waals surface area contributed by atoms with Crippen LogP contribution in [-0.2, 0) is 0 Å². The van der Waals surface area contributed by atoms with Gasteiger partial charge in [-0.05, 0) is 51.1 Å². The quantitative estimate of drug-likeness (QED) is 0.678. The second-order valence-corrected chi connectivity index (χ2v) is 4.07. The van der Waals surface area contributed by atoms with Gasteiger partial charge >= 0.3 is 0 Å². The maximum atomic E-state index is 12.6. The summed E-state index contributed by atoms with van der Waals surface area (Å²) in [4.78, 5) is 0. The van der Waals surface area contributed by atoms with Crippen molar-refractivity contribution < 1.29 is 4.39 Å². The first-order valence-corrected chi connectivity index (χ1v) is 5.35. The van der Waals surface area contributed by atoms with Crippen molar-refractivity contribution >= 4 is 39.4 Å². The standard InChI is InChI=1S/C12H8FI/c13-12(14)8-9-5-6-10-3-1-2-4-11(10)7-9/h1-8H/b12-8+. The molecular weight excluding hydrogens is 290 g/mol. The molecule has 0 bridgehead atoms. The van der Waals surface area contributed by atoms with Gasteiger partial charge < -0.3 is 0 Å². The van der Waals surface area contributed by atoms with Crippen LogP contribution in [0.25, 0.3) is 16.8 Å². The summed E-state index contributed by atoms with van der Waals surface area (Å²) in [5.41, 5.74) is 0.899. The Morgan fingerprint density at radius 2 is 1.79 bits per heavy atom. The summed E-state index contributed by atoms with van der Waals surface area (Å²) < 4.78 is 12.4. The minimum atomic E-state index is -0.196. The summed E-state index contributed by atoms with van der Waals surface area (Å²) in [7, 11) is 0. The Balaban J connectivity index is 2.57. The van der Waals surface area contributed by atoms with E-state index >= 15 is 0 Å². The molecule has 0 aliphatic heterocycles. The van der Waals surface area contributed by atoms with Crippen LogP contribution in [-0.4, -0.2) is 0 Å². The number of hydrogen-bond acceptors (Lipinski definition) is 0. The lowest BCUT2D eigenvalue weighted by atomic mass is 10.1. The van der Waals surface area contributed by atoms with E-state index in [1.807, 2.05) is 42.5 Å². The highest BCUT2D eigenvalue weighted by atomic mass is 127. The van der Waals surface area contributed by atoms with Gasteiger partial charge in [0.1, 0.15) is 0 Å². The van der Waals surface area contributed by atoms with Gasteiger partial charge in [-0.25, -0.2) is 0 Å². The molecule has 0 spiro atoms. The predicted molar refractivity (Wildman–Crippen MR) is 67.1 cm³/mol. The Bertz CT molecular complexity index is 484. The second-order valence-electron chi connectivity index (χ2n) is 3.04. The van der Waals surface area contributed by atoms with E-state index < -0.39 is 0 Å². The molecule has 0 N–H and O–H groups in total. The molecule has 0 heterocycles. The summed E-state index contributed by atoms with van der Waals surface area (Å²) in [6.45, 7) is 0. The summed E-state index contributed by atoms with van der Waals surface area (Å²) in [5.74, 6) is 0. The van der Waals surface area contributed by atoms with E-state index in [1.54, 1.807) is 22.6 Å². The average Bonchev–Trinajstić information content (AvgIpc) is 2.17. The van der Waals surface area contributed by atoms with E-state index in [1.165, 1.54) is 11.5 Å². The highest BCUT2D eigenvalue weighted by Crippen LogP contribution is 2.19. The van der Waals surface area contributed by atoms with Gasteiger partial charge in [-0.15, -0.1) is 0 Å². The molecule has 0 aliphatic rings. The van der Waals surface area contributed by atoms with E-state index in [2.05, 4.69) is 0 Å². The van der Waals surface area contributed by atoms with Crippen LogP contribution in [0.15, 0.2) is 46.3 Å². The maximum Gasteiger partial charge on any atom is 0.161 e. The third-order valence-electron chi connectivity index (χ3n) is 2.05. The number of benzene rings is 2. The fourth-order valence-corrected chi connectivity index (χ4v) is 1.78. The van der Waals surface area contributed by atoms with Crippen molar-refractivity contribution in [1.82, 2.24) is 0 Å². The fourth-order valence-electron chi connectivity index (χ4n) is 1.42. The zero-order chi connectivity index (χ0) is 9.97. The molecule has 0 aliphatic carbocycles. The molecule has 14 heavy (non-hydrogen) atoms. The lowest BCUT2D eigenvalue weighted by Gasteiger charge is -1.98. The minimum Gasteiger partial charge on any atom is -0.200 e. The average molecular weight is 298 g/mol. The topological polar surface area (TPSA) is 0 Å². The van der Waals surface area contributed by atoms with Crippen LogP contribution in [0, 0.1) is 0 Å². The molecule has 0 saturated heterocycles. The number of rotatable bonds is 1. The van der Waals surface area contributed by atoms with Crippen LogP contribution in [0.5, 0.6) is 0 Å². The normalized spacial score (nSPS) is 12.0. The molecule has 2 aromatic rings. The highest BCUT2D eigenvalue weighted by Gasteiger charge is 1.94. The zero-order valence-corrected chi connectivity index (χ0v) is 9.53. The summed E-state index contributed by atoms with van der Waals surface area (Å²) in [5, 5.41) is 2.32. The Hall–Kier alpha value is -0.900. The number of fused-ring (bicyclic) bond motifs is 1. The van der Waals surface area contributed by atoms with E-state index in [9.17, 15) is 4.39 Å². The molecule has 0 aromatic heterocycles. The van der Waals surface area contributed by atoms with Gasteiger partial charge in [0.25, 0.3) is 0 Å². The first kappa shape index (κ1) is 9.65. The van der Waals surface area contributed by atoms with Crippen molar-refractivity contribution in [3.8, 4) is 0 Å². The SMILES string of the molecule is F/C(I)=C\c1ccc2ccccc2c1. The Morgan fingerprint density at radius 1 is 1.07 bits per heavy atom. The van der Waals surface area contributed by atoms with Gasteiger partial charge in [0.2, 0.25) is 0 Å². The van der Waals surface area contributed by atoms with Crippen LogP contribution in [0.4, 0.5) is 4.39 Å². The second kappa shape index (κ2) is 4.09. The van der Waals surface area contributed by atoms with Gasteiger partial charge in [-0.1, -0.05) is 36.4 Å². The van der Waals surface area contributed by atoms with Crippen LogP contribution >= 0.6 is 22.6 Å². The monoisotopic (exact) mass is 298 g/mol. The highest BCUT2D eigenvalue weighted by molar-refractivity contribution is 14.1. The smallest absolute Gasteiger partial charge is 0.161 e. The van der Waals surface area contributed by atoms with Gasteiger partial charge in [0.15, 0.2) is 3.83 Å². The van der Waals surface area contributed by atoms with Crippen molar-refractivity contribution in [3.63, 3.8) is 0 Å². The first-order valence-electron chi connectivity index (χ1n) is 4.27. The van der Waals surface area contributed by atoms with Crippen molar-refractivity contribution in [3.05, 3.63) is 51.9 Å². The van der Waals surface area contributed by atoms with E-state index in [0.29, 0.717) is 0 Å². The van der Waals surface area contributed by atoms with Crippen molar-refractivity contribution in [1.29, 1.82) is 0 Å².